The molecule has 5 heteroatoms. The molecule has 96 valence electrons. The number of thiazole rings is 1. The van der Waals surface area contributed by atoms with E-state index in [9.17, 15) is 8.78 Å². The van der Waals surface area contributed by atoms with E-state index < -0.39 is 11.6 Å². The highest BCUT2D eigenvalue weighted by Crippen LogP contribution is 2.27. The lowest BCUT2D eigenvalue weighted by atomic mass is 10.1. The molecule has 1 N–H and O–H groups in total. The zero-order valence-corrected chi connectivity index (χ0v) is 11.0. The zero-order valence-electron chi connectivity index (χ0n) is 10.2. The maximum Gasteiger partial charge on any atom is 0.135 e. The van der Waals surface area contributed by atoms with E-state index in [-0.39, 0.29) is 5.56 Å². The first-order valence-corrected chi connectivity index (χ1v) is 6.58. The summed E-state index contributed by atoms with van der Waals surface area (Å²) in [5.74, 6) is -1.16. The maximum atomic E-state index is 13.6. The molecule has 2 aromatic rings. The second kappa shape index (κ2) is 5.54. The van der Waals surface area contributed by atoms with Crippen LogP contribution in [0.4, 0.5) is 8.78 Å². The summed E-state index contributed by atoms with van der Waals surface area (Å²) in [6, 6.07) is 4.18. The van der Waals surface area contributed by atoms with Gasteiger partial charge in [-0.1, -0.05) is 19.9 Å². The number of hydrogen-bond donors (Lipinski definition) is 1. The van der Waals surface area contributed by atoms with Gasteiger partial charge in [0.15, 0.2) is 0 Å². The number of nitrogens with one attached hydrogen (secondary N) is 1. The van der Waals surface area contributed by atoms with Crippen molar-refractivity contribution in [3.8, 4) is 11.3 Å². The predicted molar refractivity (Wildman–Crippen MR) is 69.4 cm³/mol. The van der Waals surface area contributed by atoms with Crippen LogP contribution in [0.25, 0.3) is 11.3 Å². The second-order valence-corrected chi connectivity index (χ2v) is 5.20. The highest BCUT2D eigenvalue weighted by molar-refractivity contribution is 7.09. The van der Waals surface area contributed by atoms with Crippen LogP contribution in [0, 0.1) is 11.6 Å². The molecule has 0 unspecified atom stereocenters. The molecule has 1 aromatic carbocycles. The van der Waals surface area contributed by atoms with Gasteiger partial charge in [-0.05, 0) is 12.1 Å². The van der Waals surface area contributed by atoms with Crippen LogP contribution in [0.3, 0.4) is 0 Å². The Kier molecular flexibility index (Phi) is 4.04. The van der Waals surface area contributed by atoms with Gasteiger partial charge in [0.05, 0.1) is 11.3 Å². The molecule has 18 heavy (non-hydrogen) atoms. The van der Waals surface area contributed by atoms with Crippen molar-refractivity contribution in [2.45, 2.75) is 26.4 Å². The zero-order chi connectivity index (χ0) is 13.1. The molecule has 0 aliphatic heterocycles. The van der Waals surface area contributed by atoms with Gasteiger partial charge in [-0.3, -0.25) is 0 Å². The summed E-state index contributed by atoms with van der Waals surface area (Å²) in [5.41, 5.74) is 0.306. The minimum Gasteiger partial charge on any atom is -0.308 e. The molecule has 0 aliphatic carbocycles. The predicted octanol–water partition coefficient (Wildman–Crippen LogP) is 3.59. The lowest BCUT2D eigenvalue weighted by molar-refractivity contribution is 0.583. The topological polar surface area (TPSA) is 24.9 Å². The van der Waals surface area contributed by atoms with Crippen molar-refractivity contribution in [3.05, 3.63) is 40.2 Å². The number of halogens is 2. The van der Waals surface area contributed by atoms with Crippen molar-refractivity contribution in [2.75, 3.05) is 0 Å². The fourth-order valence-corrected chi connectivity index (χ4v) is 2.28. The maximum absolute atomic E-state index is 13.6. The Balaban J connectivity index is 2.24. The largest absolute Gasteiger partial charge is 0.308 e. The van der Waals surface area contributed by atoms with Crippen molar-refractivity contribution >= 4 is 11.3 Å². The Bertz CT molecular complexity index is 517. The van der Waals surface area contributed by atoms with Gasteiger partial charge >= 0.3 is 0 Å². The molecular formula is C13H14F2N2S. The molecule has 2 rings (SSSR count). The van der Waals surface area contributed by atoms with Crippen LogP contribution in [0.5, 0.6) is 0 Å². The number of nitrogens with zero attached hydrogens (tertiary/aromatic N) is 1. The normalized spacial score (nSPS) is 11.2. The third-order valence-electron chi connectivity index (χ3n) is 2.43. The van der Waals surface area contributed by atoms with Gasteiger partial charge < -0.3 is 5.32 Å². The highest BCUT2D eigenvalue weighted by Gasteiger charge is 2.14. The van der Waals surface area contributed by atoms with Crippen molar-refractivity contribution < 1.29 is 8.78 Å². The first-order chi connectivity index (χ1) is 8.58. The van der Waals surface area contributed by atoms with Gasteiger partial charge in [-0.2, -0.15) is 0 Å². The molecule has 0 aliphatic rings. The summed E-state index contributed by atoms with van der Waals surface area (Å²) in [7, 11) is 0. The summed E-state index contributed by atoms with van der Waals surface area (Å²) >= 11 is 1.40. The van der Waals surface area contributed by atoms with E-state index in [0.717, 1.165) is 5.01 Å². The Labute approximate surface area is 109 Å². The van der Waals surface area contributed by atoms with Crippen LogP contribution in [-0.4, -0.2) is 11.0 Å². The van der Waals surface area contributed by atoms with E-state index in [1.807, 2.05) is 13.8 Å². The van der Waals surface area contributed by atoms with Gasteiger partial charge in [0.2, 0.25) is 0 Å². The van der Waals surface area contributed by atoms with E-state index in [4.69, 9.17) is 0 Å². The van der Waals surface area contributed by atoms with Crippen LogP contribution in [0.2, 0.25) is 0 Å². The molecule has 0 bridgehead atoms. The van der Waals surface area contributed by atoms with Gasteiger partial charge in [-0.15, -0.1) is 11.3 Å². The van der Waals surface area contributed by atoms with E-state index in [0.29, 0.717) is 18.3 Å². The average molecular weight is 268 g/mol. The summed E-state index contributed by atoms with van der Waals surface area (Å²) in [4.78, 5) is 4.25. The fraction of sp³-hybridized carbons (Fsp3) is 0.308. The number of hydrogen-bond acceptors (Lipinski definition) is 3. The molecule has 0 atom stereocenters. The smallest absolute Gasteiger partial charge is 0.135 e. The van der Waals surface area contributed by atoms with Gasteiger partial charge in [0.25, 0.3) is 0 Å². The minimum absolute atomic E-state index is 0.0513. The highest BCUT2D eigenvalue weighted by atomic mass is 32.1. The summed E-state index contributed by atoms with van der Waals surface area (Å²) in [6.07, 6.45) is 0. The standard InChI is InChI=1S/C13H14F2N2S/c1-8(2)16-6-12-17-11(7-18-12)13-9(14)4-3-5-10(13)15/h3-5,7-8,16H,6H2,1-2H3. The molecule has 0 spiro atoms. The van der Waals surface area contributed by atoms with Gasteiger partial charge in [0.1, 0.15) is 16.6 Å². The Morgan fingerprint density at radius 2 is 1.94 bits per heavy atom. The van der Waals surface area contributed by atoms with Gasteiger partial charge in [0, 0.05) is 18.0 Å². The van der Waals surface area contributed by atoms with E-state index in [2.05, 4.69) is 10.3 Å². The van der Waals surface area contributed by atoms with Crippen molar-refractivity contribution in [2.24, 2.45) is 0 Å². The van der Waals surface area contributed by atoms with Crippen molar-refractivity contribution in [1.29, 1.82) is 0 Å². The van der Waals surface area contributed by atoms with E-state index in [1.165, 1.54) is 29.5 Å². The van der Waals surface area contributed by atoms with Crippen LogP contribution in [-0.2, 0) is 6.54 Å². The first kappa shape index (κ1) is 13.1. The van der Waals surface area contributed by atoms with Crippen molar-refractivity contribution in [3.63, 3.8) is 0 Å². The number of aromatic nitrogens is 1. The van der Waals surface area contributed by atoms with Gasteiger partial charge in [-0.25, -0.2) is 13.8 Å². The summed E-state index contributed by atoms with van der Waals surface area (Å²) in [5, 5.41) is 5.72. The third kappa shape index (κ3) is 2.91. The third-order valence-corrected chi connectivity index (χ3v) is 3.28. The number of benzene rings is 1. The fourth-order valence-electron chi connectivity index (χ4n) is 1.54. The molecule has 0 saturated carbocycles. The molecule has 1 heterocycles. The Hall–Kier alpha value is -1.33. The van der Waals surface area contributed by atoms with Crippen LogP contribution >= 0.6 is 11.3 Å². The Morgan fingerprint density at radius 1 is 1.28 bits per heavy atom. The van der Waals surface area contributed by atoms with E-state index in [1.54, 1.807) is 5.38 Å². The Morgan fingerprint density at radius 3 is 2.56 bits per heavy atom. The van der Waals surface area contributed by atoms with Crippen molar-refractivity contribution in [1.82, 2.24) is 10.3 Å². The quantitative estimate of drug-likeness (QED) is 0.916. The molecular weight excluding hydrogens is 254 g/mol. The second-order valence-electron chi connectivity index (χ2n) is 4.26. The molecule has 0 fully saturated rings. The monoisotopic (exact) mass is 268 g/mol. The summed E-state index contributed by atoms with van der Waals surface area (Å²) in [6.45, 7) is 4.68. The minimum atomic E-state index is -0.580. The first-order valence-electron chi connectivity index (χ1n) is 5.70. The lowest BCUT2D eigenvalue weighted by Gasteiger charge is -2.04. The molecule has 2 nitrogen and oxygen atoms in total. The molecule has 0 radical (unpaired) electrons. The van der Waals surface area contributed by atoms with E-state index >= 15 is 0 Å². The SMILES string of the molecule is CC(C)NCc1nc(-c2c(F)cccc2F)cs1. The lowest BCUT2D eigenvalue weighted by Crippen LogP contribution is -2.21. The summed E-state index contributed by atoms with van der Waals surface area (Å²) < 4.78 is 27.1. The molecule has 0 saturated heterocycles. The van der Waals surface area contributed by atoms with Crippen LogP contribution < -0.4 is 5.32 Å². The average Bonchev–Trinajstić information content (AvgIpc) is 2.75. The molecule has 0 amide bonds. The van der Waals surface area contributed by atoms with Crippen LogP contribution in [0.15, 0.2) is 23.6 Å². The number of rotatable bonds is 4. The molecule has 1 aromatic heterocycles. The van der Waals surface area contributed by atoms with Crippen LogP contribution in [0.1, 0.15) is 18.9 Å².